The van der Waals surface area contributed by atoms with Gasteiger partial charge < -0.3 is 19.9 Å². The SMILES string of the molecule is COC(=O)[C@H]1C[C@@H](N)[C@@H]2OC(C)(C)O[C@@H]21.Cl. The van der Waals surface area contributed by atoms with Crippen LogP contribution in [0.15, 0.2) is 0 Å². The first-order chi connectivity index (χ1) is 6.94. The third-order valence-corrected chi connectivity index (χ3v) is 3.01. The standard InChI is InChI=1S/C10H17NO4.ClH/c1-10(2)14-7-5(9(12)13-3)4-6(11)8(7)15-10;/h5-8H,4,11H2,1-3H3;1H/t5-,6+,7+,8-;/m0./s1. The molecule has 2 N–H and O–H groups in total. The van der Waals surface area contributed by atoms with Gasteiger partial charge in [0.15, 0.2) is 5.79 Å². The van der Waals surface area contributed by atoms with Crippen molar-refractivity contribution < 1.29 is 19.0 Å². The molecule has 1 aliphatic carbocycles. The molecule has 2 rings (SSSR count). The molecule has 1 heterocycles. The Hall–Kier alpha value is -0.360. The number of hydrogen-bond acceptors (Lipinski definition) is 5. The summed E-state index contributed by atoms with van der Waals surface area (Å²) in [5.74, 6) is -1.21. The first-order valence-electron chi connectivity index (χ1n) is 5.13. The van der Waals surface area contributed by atoms with E-state index in [2.05, 4.69) is 0 Å². The van der Waals surface area contributed by atoms with Gasteiger partial charge >= 0.3 is 5.97 Å². The zero-order valence-corrected chi connectivity index (χ0v) is 10.5. The topological polar surface area (TPSA) is 70.8 Å². The molecule has 0 aromatic heterocycles. The summed E-state index contributed by atoms with van der Waals surface area (Å²) in [6.07, 6.45) is 0.115. The normalized spacial score (nSPS) is 40.0. The van der Waals surface area contributed by atoms with Crippen molar-refractivity contribution in [1.29, 1.82) is 0 Å². The molecule has 5 nitrogen and oxygen atoms in total. The Morgan fingerprint density at radius 1 is 1.38 bits per heavy atom. The molecule has 1 saturated heterocycles. The molecule has 6 heteroatoms. The molecule has 16 heavy (non-hydrogen) atoms. The largest absolute Gasteiger partial charge is 0.469 e. The molecule has 0 spiro atoms. The zero-order valence-electron chi connectivity index (χ0n) is 9.64. The van der Waals surface area contributed by atoms with Crippen LogP contribution in [0.1, 0.15) is 20.3 Å². The fourth-order valence-electron chi connectivity index (χ4n) is 2.40. The Bertz CT molecular complexity index is 284. The number of rotatable bonds is 1. The Balaban J connectivity index is 0.00000128. The highest BCUT2D eigenvalue weighted by atomic mass is 35.5. The first kappa shape index (κ1) is 13.7. The van der Waals surface area contributed by atoms with Crippen LogP contribution in [0.25, 0.3) is 0 Å². The Morgan fingerprint density at radius 3 is 2.50 bits per heavy atom. The number of methoxy groups -OCH3 is 1. The molecule has 0 aromatic rings. The Kier molecular flexibility index (Phi) is 3.84. The van der Waals surface area contributed by atoms with Crippen molar-refractivity contribution in [2.24, 2.45) is 11.7 Å². The summed E-state index contributed by atoms with van der Waals surface area (Å²) in [5.41, 5.74) is 5.91. The van der Waals surface area contributed by atoms with E-state index in [1.807, 2.05) is 13.8 Å². The van der Waals surface area contributed by atoms with Crippen LogP contribution >= 0.6 is 12.4 Å². The van der Waals surface area contributed by atoms with Gasteiger partial charge in [0.2, 0.25) is 0 Å². The minimum Gasteiger partial charge on any atom is -0.469 e. The minimum atomic E-state index is -0.653. The molecule has 1 saturated carbocycles. The van der Waals surface area contributed by atoms with Crippen LogP contribution in [-0.4, -0.2) is 37.1 Å². The van der Waals surface area contributed by atoms with E-state index in [0.717, 1.165) is 0 Å². The van der Waals surface area contributed by atoms with Gasteiger partial charge in [-0.25, -0.2) is 0 Å². The number of nitrogens with two attached hydrogens (primary N) is 1. The molecular formula is C10H18ClNO4. The van der Waals surface area contributed by atoms with Gasteiger partial charge in [-0.2, -0.15) is 0 Å². The summed E-state index contributed by atoms with van der Waals surface area (Å²) in [6.45, 7) is 3.65. The molecule has 2 aliphatic rings. The van der Waals surface area contributed by atoms with Gasteiger partial charge in [-0.05, 0) is 20.3 Å². The van der Waals surface area contributed by atoms with E-state index in [4.69, 9.17) is 19.9 Å². The summed E-state index contributed by atoms with van der Waals surface area (Å²) < 4.78 is 16.1. The van der Waals surface area contributed by atoms with Crippen LogP contribution in [0.4, 0.5) is 0 Å². The van der Waals surface area contributed by atoms with Crippen molar-refractivity contribution in [2.75, 3.05) is 7.11 Å². The third kappa shape index (κ3) is 2.18. The molecule has 0 aromatic carbocycles. The molecule has 0 radical (unpaired) electrons. The second-order valence-corrected chi connectivity index (χ2v) is 4.59. The minimum absolute atomic E-state index is 0. The number of hydrogen-bond donors (Lipinski definition) is 1. The van der Waals surface area contributed by atoms with Crippen LogP contribution in [0.5, 0.6) is 0 Å². The van der Waals surface area contributed by atoms with Gasteiger partial charge in [0.1, 0.15) is 12.2 Å². The molecule has 0 amide bonds. The van der Waals surface area contributed by atoms with Crippen molar-refractivity contribution in [3.05, 3.63) is 0 Å². The van der Waals surface area contributed by atoms with Crippen LogP contribution < -0.4 is 5.73 Å². The van der Waals surface area contributed by atoms with Crippen LogP contribution in [-0.2, 0) is 19.0 Å². The second kappa shape index (κ2) is 4.49. The number of halogens is 1. The van der Waals surface area contributed by atoms with E-state index in [9.17, 15) is 4.79 Å². The maximum atomic E-state index is 11.5. The van der Waals surface area contributed by atoms with E-state index in [-0.39, 0.29) is 42.5 Å². The number of carbonyl (C=O) groups excluding carboxylic acids is 1. The number of carbonyl (C=O) groups is 1. The fourth-order valence-corrected chi connectivity index (χ4v) is 2.40. The number of esters is 1. The van der Waals surface area contributed by atoms with Gasteiger partial charge in [-0.3, -0.25) is 4.79 Å². The molecule has 0 bridgehead atoms. The monoisotopic (exact) mass is 251 g/mol. The predicted octanol–water partition coefficient (Wildman–Crippen LogP) is 0.449. The summed E-state index contributed by atoms with van der Waals surface area (Å²) in [6, 6.07) is -0.152. The zero-order chi connectivity index (χ0) is 11.2. The smallest absolute Gasteiger partial charge is 0.311 e. The highest BCUT2D eigenvalue weighted by Gasteiger charge is 2.55. The van der Waals surface area contributed by atoms with E-state index in [1.54, 1.807) is 0 Å². The summed E-state index contributed by atoms with van der Waals surface area (Å²) >= 11 is 0. The van der Waals surface area contributed by atoms with Crippen LogP contribution in [0.3, 0.4) is 0 Å². The lowest BCUT2D eigenvalue weighted by Crippen LogP contribution is -2.35. The van der Waals surface area contributed by atoms with E-state index in [1.165, 1.54) is 7.11 Å². The number of ether oxygens (including phenoxy) is 3. The lowest BCUT2D eigenvalue weighted by atomic mass is 10.1. The van der Waals surface area contributed by atoms with E-state index >= 15 is 0 Å². The summed E-state index contributed by atoms with van der Waals surface area (Å²) in [7, 11) is 1.38. The fraction of sp³-hybridized carbons (Fsp3) is 0.900. The van der Waals surface area contributed by atoms with Gasteiger partial charge in [0.05, 0.1) is 13.0 Å². The van der Waals surface area contributed by atoms with Crippen molar-refractivity contribution in [3.8, 4) is 0 Å². The van der Waals surface area contributed by atoms with Crippen molar-refractivity contribution in [1.82, 2.24) is 0 Å². The second-order valence-electron chi connectivity index (χ2n) is 4.59. The molecule has 1 aliphatic heterocycles. The van der Waals surface area contributed by atoms with Gasteiger partial charge in [0.25, 0.3) is 0 Å². The summed E-state index contributed by atoms with van der Waals surface area (Å²) in [5, 5.41) is 0. The van der Waals surface area contributed by atoms with E-state index in [0.29, 0.717) is 6.42 Å². The van der Waals surface area contributed by atoms with Crippen molar-refractivity contribution >= 4 is 18.4 Å². The molecule has 0 unspecified atom stereocenters. The first-order valence-corrected chi connectivity index (χ1v) is 5.13. The van der Waals surface area contributed by atoms with Gasteiger partial charge in [-0.1, -0.05) is 0 Å². The van der Waals surface area contributed by atoms with Crippen molar-refractivity contribution in [3.63, 3.8) is 0 Å². The molecule has 4 atom stereocenters. The summed E-state index contributed by atoms with van der Waals surface area (Å²) in [4.78, 5) is 11.5. The highest BCUT2D eigenvalue weighted by Crippen LogP contribution is 2.41. The third-order valence-electron chi connectivity index (χ3n) is 3.01. The maximum absolute atomic E-state index is 11.5. The average molecular weight is 252 g/mol. The Labute approximate surface area is 101 Å². The van der Waals surface area contributed by atoms with Crippen LogP contribution in [0, 0.1) is 5.92 Å². The highest BCUT2D eigenvalue weighted by molar-refractivity contribution is 5.85. The lowest BCUT2D eigenvalue weighted by molar-refractivity contribution is -0.167. The number of fused-ring (bicyclic) bond motifs is 1. The van der Waals surface area contributed by atoms with Gasteiger partial charge in [0, 0.05) is 6.04 Å². The average Bonchev–Trinajstić information content (AvgIpc) is 2.61. The molecule has 2 fully saturated rings. The lowest BCUT2D eigenvalue weighted by Gasteiger charge is -2.21. The maximum Gasteiger partial charge on any atom is 0.311 e. The predicted molar refractivity (Wildman–Crippen MR) is 59.2 cm³/mol. The van der Waals surface area contributed by atoms with Crippen LogP contribution in [0.2, 0.25) is 0 Å². The van der Waals surface area contributed by atoms with Crippen molar-refractivity contribution in [2.45, 2.75) is 44.3 Å². The molecular weight excluding hydrogens is 234 g/mol. The van der Waals surface area contributed by atoms with E-state index < -0.39 is 5.79 Å². The quantitative estimate of drug-likeness (QED) is 0.685. The Morgan fingerprint density at radius 2 is 1.94 bits per heavy atom. The van der Waals surface area contributed by atoms with Gasteiger partial charge in [-0.15, -0.1) is 12.4 Å². The molecule has 94 valence electrons.